The molecule has 19 heavy (non-hydrogen) atoms. The molecule has 0 aliphatic rings. The van der Waals surface area contributed by atoms with E-state index < -0.39 is 0 Å². The normalized spacial score (nSPS) is 12.3. The number of ether oxygens (including phenoxy) is 1. The Bertz CT molecular complexity index is 435. The lowest BCUT2D eigenvalue weighted by molar-refractivity contribution is -0.119. The van der Waals surface area contributed by atoms with Crippen LogP contribution in [0.5, 0.6) is 5.75 Å². The van der Waals surface area contributed by atoms with Gasteiger partial charge in [0.05, 0.1) is 11.6 Å². The van der Waals surface area contributed by atoms with Crippen LogP contribution in [0.2, 0.25) is 5.02 Å². The molecule has 1 atom stereocenters. The third-order valence-electron chi connectivity index (χ3n) is 2.57. The average molecular weight is 285 g/mol. The molecule has 1 aromatic carbocycles. The summed E-state index contributed by atoms with van der Waals surface area (Å²) in [6, 6.07) is 5.20. The first-order valence-electron chi connectivity index (χ1n) is 6.37. The minimum absolute atomic E-state index is 0.116. The smallest absolute Gasteiger partial charge is 0.228 e. The highest BCUT2D eigenvalue weighted by Gasteiger charge is 2.12. The van der Waals surface area contributed by atoms with Crippen molar-refractivity contribution < 1.29 is 9.53 Å². The summed E-state index contributed by atoms with van der Waals surface area (Å²) in [6.45, 7) is 6.83. The molecule has 4 nitrogen and oxygen atoms in total. The molecule has 0 heterocycles. The van der Waals surface area contributed by atoms with Crippen molar-refractivity contribution in [1.29, 1.82) is 0 Å². The van der Waals surface area contributed by atoms with E-state index in [-0.39, 0.29) is 11.8 Å². The molecule has 0 saturated heterocycles. The Hall–Kier alpha value is -1.26. The van der Waals surface area contributed by atoms with Crippen LogP contribution >= 0.6 is 11.6 Å². The van der Waals surface area contributed by atoms with Gasteiger partial charge in [0.1, 0.15) is 5.75 Å². The molecule has 0 aliphatic carbocycles. The van der Waals surface area contributed by atoms with Gasteiger partial charge in [0, 0.05) is 18.2 Å². The van der Waals surface area contributed by atoms with Gasteiger partial charge in [0.15, 0.2) is 0 Å². The molecule has 0 radical (unpaired) electrons. The van der Waals surface area contributed by atoms with Crippen molar-refractivity contribution >= 4 is 23.2 Å². The molecule has 106 valence electrons. The van der Waals surface area contributed by atoms with Gasteiger partial charge in [0.25, 0.3) is 0 Å². The molecule has 1 unspecified atom stereocenters. The maximum absolute atomic E-state index is 11.7. The number of carbonyl (C=O) groups excluding carboxylic acids is 1. The fraction of sp³-hybridized carbons (Fsp3) is 0.500. The second-order valence-electron chi connectivity index (χ2n) is 4.98. The van der Waals surface area contributed by atoms with E-state index in [0.29, 0.717) is 35.5 Å². The maximum Gasteiger partial charge on any atom is 0.228 e. The summed E-state index contributed by atoms with van der Waals surface area (Å²) in [5.74, 6) is 0.714. The molecule has 1 amide bonds. The monoisotopic (exact) mass is 284 g/mol. The van der Waals surface area contributed by atoms with Gasteiger partial charge >= 0.3 is 0 Å². The largest absolute Gasteiger partial charge is 0.492 e. The first-order chi connectivity index (χ1) is 8.93. The quantitative estimate of drug-likeness (QED) is 0.844. The zero-order chi connectivity index (χ0) is 14.4. The highest BCUT2D eigenvalue weighted by atomic mass is 35.5. The van der Waals surface area contributed by atoms with Crippen LogP contribution in [0.25, 0.3) is 0 Å². The molecule has 3 N–H and O–H groups in total. The van der Waals surface area contributed by atoms with Crippen molar-refractivity contribution in [3.05, 3.63) is 23.2 Å². The second kappa shape index (κ2) is 7.36. The minimum atomic E-state index is -0.226. The molecule has 5 heteroatoms. The standard InChI is InChI=1S/C14H21ClN2O2/c1-9(2)8-19-13-5-4-11(6-12(13)15)17-14(18)10(3)7-16/h4-6,9-10H,7-8,16H2,1-3H3,(H,17,18). The number of amides is 1. The summed E-state index contributed by atoms with van der Waals surface area (Å²) in [7, 11) is 0. The number of nitrogens with two attached hydrogens (primary N) is 1. The first kappa shape index (κ1) is 15.8. The number of rotatable bonds is 6. The van der Waals surface area contributed by atoms with E-state index in [1.54, 1.807) is 25.1 Å². The number of hydrogen-bond donors (Lipinski definition) is 2. The number of anilines is 1. The van der Waals surface area contributed by atoms with E-state index in [9.17, 15) is 4.79 Å². The molecule has 1 aromatic rings. The molecule has 0 bridgehead atoms. The van der Waals surface area contributed by atoms with Gasteiger partial charge in [-0.3, -0.25) is 4.79 Å². The number of nitrogens with one attached hydrogen (secondary N) is 1. The van der Waals surface area contributed by atoms with E-state index >= 15 is 0 Å². The summed E-state index contributed by atoms with van der Waals surface area (Å²) in [5.41, 5.74) is 6.09. The topological polar surface area (TPSA) is 64.3 Å². The van der Waals surface area contributed by atoms with Crippen molar-refractivity contribution in [2.45, 2.75) is 20.8 Å². The van der Waals surface area contributed by atoms with Crippen LogP contribution in [0.1, 0.15) is 20.8 Å². The Morgan fingerprint density at radius 1 is 1.42 bits per heavy atom. The third-order valence-corrected chi connectivity index (χ3v) is 2.87. The fourth-order valence-corrected chi connectivity index (χ4v) is 1.56. The van der Waals surface area contributed by atoms with E-state index in [1.165, 1.54) is 0 Å². The Morgan fingerprint density at radius 2 is 2.11 bits per heavy atom. The highest BCUT2D eigenvalue weighted by molar-refractivity contribution is 6.32. The van der Waals surface area contributed by atoms with Crippen LogP contribution in [0.15, 0.2) is 18.2 Å². The van der Waals surface area contributed by atoms with Gasteiger partial charge in [-0.05, 0) is 24.1 Å². The van der Waals surface area contributed by atoms with Gasteiger partial charge in [0.2, 0.25) is 5.91 Å². The van der Waals surface area contributed by atoms with Gasteiger partial charge in [-0.1, -0.05) is 32.4 Å². The number of benzene rings is 1. The molecule has 0 fully saturated rings. The number of hydrogen-bond acceptors (Lipinski definition) is 3. The molecule has 0 aliphatic heterocycles. The fourth-order valence-electron chi connectivity index (χ4n) is 1.32. The molecular formula is C14H21ClN2O2. The van der Waals surface area contributed by atoms with E-state index in [2.05, 4.69) is 19.2 Å². The molecular weight excluding hydrogens is 264 g/mol. The average Bonchev–Trinajstić information content (AvgIpc) is 2.36. The van der Waals surface area contributed by atoms with Crippen molar-refractivity contribution in [2.24, 2.45) is 17.6 Å². The van der Waals surface area contributed by atoms with Crippen LogP contribution in [0, 0.1) is 11.8 Å². The Kier molecular flexibility index (Phi) is 6.12. The summed E-state index contributed by atoms with van der Waals surface area (Å²) >= 11 is 6.11. The van der Waals surface area contributed by atoms with Crippen LogP contribution in [-0.2, 0) is 4.79 Å². The van der Waals surface area contributed by atoms with Crippen LogP contribution in [-0.4, -0.2) is 19.1 Å². The predicted octanol–water partition coefficient (Wildman–Crippen LogP) is 2.91. The van der Waals surface area contributed by atoms with Crippen LogP contribution < -0.4 is 15.8 Å². The minimum Gasteiger partial charge on any atom is -0.492 e. The van der Waals surface area contributed by atoms with Gasteiger partial charge < -0.3 is 15.8 Å². The van der Waals surface area contributed by atoms with Crippen molar-refractivity contribution in [3.63, 3.8) is 0 Å². The van der Waals surface area contributed by atoms with Crippen LogP contribution in [0.3, 0.4) is 0 Å². The SMILES string of the molecule is CC(C)COc1ccc(NC(=O)C(C)CN)cc1Cl. The second-order valence-corrected chi connectivity index (χ2v) is 5.38. The molecule has 1 rings (SSSR count). The lowest BCUT2D eigenvalue weighted by Gasteiger charge is -2.13. The molecule has 0 aromatic heterocycles. The highest BCUT2D eigenvalue weighted by Crippen LogP contribution is 2.28. The van der Waals surface area contributed by atoms with Crippen molar-refractivity contribution in [3.8, 4) is 5.75 Å². The predicted molar refractivity (Wildman–Crippen MR) is 78.6 cm³/mol. The van der Waals surface area contributed by atoms with E-state index in [4.69, 9.17) is 22.1 Å². The summed E-state index contributed by atoms with van der Waals surface area (Å²) in [6.07, 6.45) is 0. The summed E-state index contributed by atoms with van der Waals surface area (Å²) in [5, 5.41) is 3.25. The Labute approximate surface area is 119 Å². The van der Waals surface area contributed by atoms with E-state index in [0.717, 1.165) is 0 Å². The summed E-state index contributed by atoms with van der Waals surface area (Å²) in [4.78, 5) is 11.7. The molecule has 0 saturated carbocycles. The van der Waals surface area contributed by atoms with Crippen LogP contribution in [0.4, 0.5) is 5.69 Å². The van der Waals surface area contributed by atoms with Gasteiger partial charge in [-0.25, -0.2) is 0 Å². The van der Waals surface area contributed by atoms with E-state index in [1.807, 2.05) is 0 Å². The zero-order valence-electron chi connectivity index (χ0n) is 11.6. The lowest BCUT2D eigenvalue weighted by atomic mass is 10.1. The molecule has 0 spiro atoms. The van der Waals surface area contributed by atoms with Gasteiger partial charge in [-0.2, -0.15) is 0 Å². The van der Waals surface area contributed by atoms with Gasteiger partial charge in [-0.15, -0.1) is 0 Å². The maximum atomic E-state index is 11.7. The Balaban J connectivity index is 2.68. The number of halogens is 1. The Morgan fingerprint density at radius 3 is 2.63 bits per heavy atom. The number of carbonyl (C=O) groups is 1. The first-order valence-corrected chi connectivity index (χ1v) is 6.75. The third kappa shape index (κ3) is 5.09. The summed E-state index contributed by atoms with van der Waals surface area (Å²) < 4.78 is 5.56. The lowest BCUT2D eigenvalue weighted by Crippen LogP contribution is -2.26. The van der Waals surface area contributed by atoms with Crippen molar-refractivity contribution in [1.82, 2.24) is 0 Å². The van der Waals surface area contributed by atoms with Crippen molar-refractivity contribution in [2.75, 3.05) is 18.5 Å². The zero-order valence-corrected chi connectivity index (χ0v) is 12.3.